The molecule has 0 bridgehead atoms. The Morgan fingerprint density at radius 2 is 2.47 bits per heavy atom. The third-order valence-corrected chi connectivity index (χ3v) is 3.36. The van der Waals surface area contributed by atoms with Gasteiger partial charge >= 0.3 is 0 Å². The maximum absolute atomic E-state index is 13.1. The zero-order chi connectivity index (χ0) is 9.97. The fraction of sp³-hybridized carbons (Fsp3) is 0.667. The Hall–Kier alpha value is -0.230. The quantitative estimate of drug-likeness (QED) is 0.884. The molecule has 0 spiro atoms. The van der Waals surface area contributed by atoms with Crippen molar-refractivity contribution in [2.24, 2.45) is 5.73 Å². The molecular formula is C9H15ClFN3S. The molecule has 2 atom stereocenters. The summed E-state index contributed by atoms with van der Waals surface area (Å²) in [5.74, 6) is 0. The van der Waals surface area contributed by atoms with E-state index in [2.05, 4.69) is 9.88 Å². The molecular weight excluding hydrogens is 237 g/mol. The number of hydrogen-bond acceptors (Lipinski definition) is 4. The normalized spacial score (nSPS) is 26.5. The number of hydrogen-bond donors (Lipinski definition) is 1. The standard InChI is InChI=1S/C9H14FN3S.ClH/c10-7-1-8(2-11)13(4-7)5-9-3-12-6-14-9;/h3,6-8H,1-2,4-5,11H2;1H/t7-,8+;/m1./s1. The van der Waals surface area contributed by atoms with Gasteiger partial charge in [-0.15, -0.1) is 23.7 Å². The fourth-order valence-electron chi connectivity index (χ4n) is 1.88. The first-order valence-electron chi connectivity index (χ1n) is 4.75. The molecule has 0 aliphatic carbocycles. The molecule has 3 nitrogen and oxygen atoms in total. The Kier molecular flexibility index (Phi) is 4.92. The first-order chi connectivity index (χ1) is 6.79. The van der Waals surface area contributed by atoms with Crippen molar-refractivity contribution in [2.45, 2.75) is 25.2 Å². The van der Waals surface area contributed by atoms with Gasteiger partial charge in [-0.25, -0.2) is 4.39 Å². The molecule has 2 N–H and O–H groups in total. The van der Waals surface area contributed by atoms with E-state index in [1.165, 1.54) is 4.88 Å². The zero-order valence-electron chi connectivity index (χ0n) is 8.30. The van der Waals surface area contributed by atoms with Gasteiger partial charge in [0.15, 0.2) is 0 Å². The lowest BCUT2D eigenvalue weighted by atomic mass is 10.2. The first kappa shape index (κ1) is 12.8. The minimum atomic E-state index is -0.712. The van der Waals surface area contributed by atoms with Crippen LogP contribution in [0.25, 0.3) is 0 Å². The lowest BCUT2D eigenvalue weighted by Crippen LogP contribution is -2.34. The average Bonchev–Trinajstić information content (AvgIpc) is 2.76. The van der Waals surface area contributed by atoms with E-state index in [9.17, 15) is 4.39 Å². The summed E-state index contributed by atoms with van der Waals surface area (Å²) in [6, 6.07) is 0.201. The summed E-state index contributed by atoms with van der Waals surface area (Å²) in [5, 5.41) is 0. The van der Waals surface area contributed by atoms with Crippen molar-refractivity contribution >= 4 is 23.7 Å². The number of nitrogens with zero attached hydrogens (tertiary/aromatic N) is 2. The van der Waals surface area contributed by atoms with Crippen LogP contribution in [0.4, 0.5) is 4.39 Å². The number of halogens is 2. The first-order valence-corrected chi connectivity index (χ1v) is 5.63. The molecule has 0 unspecified atom stereocenters. The second-order valence-corrected chi connectivity index (χ2v) is 4.59. The predicted octanol–water partition coefficient (Wildman–Crippen LogP) is 1.44. The minimum Gasteiger partial charge on any atom is -0.329 e. The van der Waals surface area contributed by atoms with Crippen LogP contribution in [0.15, 0.2) is 11.7 Å². The van der Waals surface area contributed by atoms with Crippen molar-refractivity contribution in [2.75, 3.05) is 13.1 Å². The molecule has 15 heavy (non-hydrogen) atoms. The summed E-state index contributed by atoms with van der Waals surface area (Å²) >= 11 is 1.61. The number of thiazole rings is 1. The molecule has 1 aliphatic rings. The van der Waals surface area contributed by atoms with Crippen molar-refractivity contribution in [3.05, 3.63) is 16.6 Å². The fourth-order valence-corrected chi connectivity index (χ4v) is 2.50. The largest absolute Gasteiger partial charge is 0.329 e. The molecule has 1 aliphatic heterocycles. The van der Waals surface area contributed by atoms with E-state index in [0.717, 1.165) is 6.54 Å². The van der Waals surface area contributed by atoms with Gasteiger partial charge in [-0.3, -0.25) is 9.88 Å². The minimum absolute atomic E-state index is 0. The van der Waals surface area contributed by atoms with Crippen LogP contribution in [0.1, 0.15) is 11.3 Å². The molecule has 86 valence electrons. The van der Waals surface area contributed by atoms with Gasteiger partial charge in [0.05, 0.1) is 5.51 Å². The van der Waals surface area contributed by atoms with Gasteiger partial charge < -0.3 is 5.73 Å². The molecule has 0 amide bonds. The van der Waals surface area contributed by atoms with Crippen LogP contribution >= 0.6 is 23.7 Å². The van der Waals surface area contributed by atoms with E-state index in [0.29, 0.717) is 19.5 Å². The summed E-state index contributed by atoms with van der Waals surface area (Å²) in [6.07, 6.45) is 1.70. The Morgan fingerprint density at radius 1 is 1.67 bits per heavy atom. The predicted molar refractivity (Wildman–Crippen MR) is 62.1 cm³/mol. The average molecular weight is 252 g/mol. The van der Waals surface area contributed by atoms with Crippen LogP contribution in [-0.2, 0) is 6.54 Å². The van der Waals surface area contributed by atoms with E-state index < -0.39 is 6.17 Å². The van der Waals surface area contributed by atoms with E-state index in [-0.39, 0.29) is 18.4 Å². The second-order valence-electron chi connectivity index (χ2n) is 3.62. The highest BCUT2D eigenvalue weighted by molar-refractivity contribution is 7.09. The van der Waals surface area contributed by atoms with Crippen molar-refractivity contribution in [1.29, 1.82) is 0 Å². The molecule has 1 saturated heterocycles. The van der Waals surface area contributed by atoms with Crippen LogP contribution in [0, 0.1) is 0 Å². The molecule has 1 aromatic rings. The Morgan fingerprint density at radius 3 is 3.07 bits per heavy atom. The topological polar surface area (TPSA) is 42.1 Å². The molecule has 2 heterocycles. The van der Waals surface area contributed by atoms with E-state index in [1.54, 1.807) is 16.8 Å². The smallest absolute Gasteiger partial charge is 0.114 e. The van der Waals surface area contributed by atoms with Gasteiger partial charge in [-0.05, 0) is 6.42 Å². The van der Waals surface area contributed by atoms with Gasteiger partial charge in [0.2, 0.25) is 0 Å². The number of alkyl halides is 1. The molecule has 0 aromatic carbocycles. The molecule has 2 rings (SSSR count). The highest BCUT2D eigenvalue weighted by Gasteiger charge is 2.30. The lowest BCUT2D eigenvalue weighted by Gasteiger charge is -2.21. The van der Waals surface area contributed by atoms with Crippen molar-refractivity contribution < 1.29 is 4.39 Å². The third kappa shape index (κ3) is 3.11. The summed E-state index contributed by atoms with van der Waals surface area (Å²) < 4.78 is 13.1. The van der Waals surface area contributed by atoms with Gasteiger partial charge in [-0.1, -0.05) is 0 Å². The molecule has 0 radical (unpaired) electrons. The molecule has 6 heteroatoms. The van der Waals surface area contributed by atoms with Crippen molar-refractivity contribution in [3.63, 3.8) is 0 Å². The van der Waals surface area contributed by atoms with Gasteiger partial charge in [0.25, 0.3) is 0 Å². The number of aromatic nitrogens is 1. The number of nitrogens with two attached hydrogens (primary N) is 1. The van der Waals surface area contributed by atoms with Gasteiger partial charge in [0.1, 0.15) is 6.17 Å². The zero-order valence-corrected chi connectivity index (χ0v) is 9.94. The van der Waals surface area contributed by atoms with Crippen LogP contribution in [0.5, 0.6) is 0 Å². The third-order valence-electron chi connectivity index (χ3n) is 2.59. The molecule has 1 aromatic heterocycles. The van der Waals surface area contributed by atoms with Gasteiger partial charge in [-0.2, -0.15) is 0 Å². The van der Waals surface area contributed by atoms with Crippen LogP contribution in [0.2, 0.25) is 0 Å². The van der Waals surface area contributed by atoms with E-state index in [4.69, 9.17) is 5.73 Å². The SMILES string of the molecule is Cl.NC[C@@H]1C[C@@H](F)CN1Cc1cncs1. The molecule has 1 fully saturated rings. The molecule has 0 saturated carbocycles. The van der Waals surface area contributed by atoms with E-state index in [1.807, 2.05) is 6.20 Å². The van der Waals surface area contributed by atoms with Crippen LogP contribution in [0.3, 0.4) is 0 Å². The monoisotopic (exact) mass is 251 g/mol. The van der Waals surface area contributed by atoms with Gasteiger partial charge in [0, 0.05) is 36.8 Å². The highest BCUT2D eigenvalue weighted by atomic mass is 35.5. The summed E-state index contributed by atoms with van der Waals surface area (Å²) in [7, 11) is 0. The Bertz CT molecular complexity index is 283. The second kappa shape index (κ2) is 5.75. The van der Waals surface area contributed by atoms with Crippen molar-refractivity contribution in [1.82, 2.24) is 9.88 Å². The number of likely N-dealkylation sites (tertiary alicyclic amines) is 1. The van der Waals surface area contributed by atoms with Crippen LogP contribution < -0.4 is 5.73 Å². The van der Waals surface area contributed by atoms with Crippen molar-refractivity contribution in [3.8, 4) is 0 Å². The highest BCUT2D eigenvalue weighted by Crippen LogP contribution is 2.22. The summed E-state index contributed by atoms with van der Waals surface area (Å²) in [6.45, 7) is 1.84. The summed E-state index contributed by atoms with van der Waals surface area (Å²) in [5.41, 5.74) is 7.40. The maximum Gasteiger partial charge on any atom is 0.114 e. The number of rotatable bonds is 3. The summed E-state index contributed by atoms with van der Waals surface area (Å²) in [4.78, 5) is 7.29. The van der Waals surface area contributed by atoms with Crippen LogP contribution in [-0.4, -0.2) is 35.2 Å². The Balaban J connectivity index is 0.00000112. The Labute approximate surface area is 98.9 Å². The lowest BCUT2D eigenvalue weighted by molar-refractivity contribution is 0.240. The van der Waals surface area contributed by atoms with E-state index >= 15 is 0 Å². The maximum atomic E-state index is 13.1.